The summed E-state index contributed by atoms with van der Waals surface area (Å²) in [5, 5.41) is 20.1. The summed E-state index contributed by atoms with van der Waals surface area (Å²) >= 11 is 0. The first-order valence-electron chi connectivity index (χ1n) is 20.5. The van der Waals surface area contributed by atoms with Crippen LogP contribution in [0.2, 0.25) is 0 Å². The smallest absolute Gasteiger partial charge is 0.336 e. The van der Waals surface area contributed by atoms with Gasteiger partial charge in [-0.15, -0.1) is 0 Å². The molecule has 0 spiro atoms. The lowest BCUT2D eigenvalue weighted by molar-refractivity contribution is 0.0677. The van der Waals surface area contributed by atoms with E-state index in [1.807, 2.05) is 0 Å². The molecule has 0 aliphatic rings. The molecule has 0 saturated carbocycles. The molecule has 3 aromatic carbocycles. The van der Waals surface area contributed by atoms with Crippen molar-refractivity contribution < 1.29 is 38.9 Å². The molecule has 0 radical (unpaired) electrons. The van der Waals surface area contributed by atoms with Crippen molar-refractivity contribution in [2.24, 2.45) is 0 Å². The van der Waals surface area contributed by atoms with Gasteiger partial charge in [0.05, 0.1) is 24.3 Å². The SMILES string of the molecule is CCCCCCCCCCCCOc1ccc(C(=O)c2cc(C(=O)O)c(C(=O)c3ccc(OCCCCCCCCCCCC)cc3)cc2C(=O)O)cc1. The maximum Gasteiger partial charge on any atom is 0.336 e. The summed E-state index contributed by atoms with van der Waals surface area (Å²) in [6.45, 7) is 5.57. The predicted octanol–water partition coefficient (Wildman–Crippen LogP) is 12.1. The van der Waals surface area contributed by atoms with Crippen LogP contribution in [0.25, 0.3) is 0 Å². The molecule has 0 aliphatic carbocycles. The second-order valence-electron chi connectivity index (χ2n) is 14.3. The number of unbranched alkanes of at least 4 members (excludes halogenated alkanes) is 18. The molecule has 294 valence electrons. The fraction of sp³-hybridized carbons (Fsp3) is 0.522. The van der Waals surface area contributed by atoms with E-state index in [1.165, 1.54) is 127 Å². The standard InChI is InChI=1S/C46H62O8/c1-3-5-7-9-11-13-15-17-19-21-31-53-37-27-23-35(24-28-37)43(47)39-33-42(46(51)52)40(34-41(39)45(49)50)44(48)36-25-29-38(30-26-36)54-32-22-20-18-16-14-12-10-8-6-4-2/h23-30,33-34H,3-22,31-32H2,1-2H3,(H,49,50)(H,51,52). The molecule has 0 amide bonds. The Bertz CT molecular complexity index is 1460. The van der Waals surface area contributed by atoms with Crippen molar-refractivity contribution >= 4 is 23.5 Å². The first-order valence-corrected chi connectivity index (χ1v) is 20.5. The molecule has 3 rings (SSSR count). The molecule has 0 atom stereocenters. The Hall–Kier alpha value is -4.46. The Morgan fingerprint density at radius 2 is 0.685 bits per heavy atom. The zero-order valence-electron chi connectivity index (χ0n) is 32.7. The summed E-state index contributed by atoms with van der Waals surface area (Å²) in [6, 6.07) is 14.7. The highest BCUT2D eigenvalue weighted by molar-refractivity contribution is 6.19. The van der Waals surface area contributed by atoms with E-state index in [0.29, 0.717) is 24.7 Å². The van der Waals surface area contributed by atoms with Gasteiger partial charge in [0.15, 0.2) is 11.6 Å². The molecule has 0 aliphatic heterocycles. The highest BCUT2D eigenvalue weighted by Crippen LogP contribution is 2.26. The molecule has 0 fully saturated rings. The second kappa shape index (κ2) is 25.5. The number of rotatable bonds is 30. The average Bonchev–Trinajstić information content (AvgIpc) is 3.18. The molecule has 8 nitrogen and oxygen atoms in total. The molecule has 3 aromatic rings. The Labute approximate surface area is 322 Å². The number of hydrogen-bond acceptors (Lipinski definition) is 6. The molecule has 0 unspecified atom stereocenters. The fourth-order valence-corrected chi connectivity index (χ4v) is 6.60. The second-order valence-corrected chi connectivity index (χ2v) is 14.3. The number of carbonyl (C=O) groups excluding carboxylic acids is 2. The van der Waals surface area contributed by atoms with Crippen LogP contribution >= 0.6 is 0 Å². The van der Waals surface area contributed by atoms with Crippen LogP contribution in [-0.2, 0) is 0 Å². The van der Waals surface area contributed by atoms with Crippen molar-refractivity contribution in [3.05, 3.63) is 94.0 Å². The quantitative estimate of drug-likeness (QED) is 0.0510. The summed E-state index contributed by atoms with van der Waals surface area (Å²) in [5.74, 6) is -3.06. The van der Waals surface area contributed by atoms with Crippen molar-refractivity contribution in [3.63, 3.8) is 0 Å². The highest BCUT2D eigenvalue weighted by atomic mass is 16.5. The van der Waals surface area contributed by atoms with Crippen LogP contribution < -0.4 is 9.47 Å². The van der Waals surface area contributed by atoms with E-state index in [4.69, 9.17) is 9.47 Å². The van der Waals surface area contributed by atoms with Crippen LogP contribution in [0.4, 0.5) is 0 Å². The van der Waals surface area contributed by atoms with Gasteiger partial charge in [0.25, 0.3) is 0 Å². The largest absolute Gasteiger partial charge is 0.494 e. The number of benzene rings is 3. The van der Waals surface area contributed by atoms with Gasteiger partial charge < -0.3 is 19.7 Å². The van der Waals surface area contributed by atoms with E-state index in [-0.39, 0.29) is 22.3 Å². The van der Waals surface area contributed by atoms with Crippen molar-refractivity contribution in [2.45, 2.75) is 142 Å². The summed E-state index contributed by atoms with van der Waals surface area (Å²) < 4.78 is 11.7. The Kier molecular flexibility index (Phi) is 20.8. The first-order chi connectivity index (χ1) is 26.3. The van der Waals surface area contributed by atoms with Gasteiger partial charge in [-0.1, -0.05) is 129 Å². The number of aromatic carboxylic acids is 2. The van der Waals surface area contributed by atoms with Crippen molar-refractivity contribution in [2.75, 3.05) is 13.2 Å². The Balaban J connectivity index is 1.54. The van der Waals surface area contributed by atoms with E-state index < -0.39 is 34.6 Å². The van der Waals surface area contributed by atoms with Gasteiger partial charge >= 0.3 is 11.9 Å². The predicted molar refractivity (Wildman–Crippen MR) is 215 cm³/mol. The zero-order chi connectivity index (χ0) is 39.0. The molecule has 0 saturated heterocycles. The van der Waals surface area contributed by atoms with Gasteiger partial charge in [-0.05, 0) is 73.5 Å². The number of ketones is 2. The molecular formula is C46H62O8. The van der Waals surface area contributed by atoms with Gasteiger partial charge in [-0.3, -0.25) is 9.59 Å². The minimum Gasteiger partial charge on any atom is -0.494 e. The summed E-state index contributed by atoms with van der Waals surface area (Å²) in [6.07, 6.45) is 24.5. The summed E-state index contributed by atoms with van der Waals surface area (Å²) in [7, 11) is 0. The number of carbonyl (C=O) groups is 4. The van der Waals surface area contributed by atoms with Crippen LogP contribution in [0.15, 0.2) is 60.7 Å². The molecule has 0 aromatic heterocycles. The van der Waals surface area contributed by atoms with Crippen molar-refractivity contribution in [3.8, 4) is 11.5 Å². The van der Waals surface area contributed by atoms with Crippen molar-refractivity contribution in [1.82, 2.24) is 0 Å². The molecule has 2 N–H and O–H groups in total. The lowest BCUT2D eigenvalue weighted by Crippen LogP contribution is -2.17. The monoisotopic (exact) mass is 742 g/mol. The first kappa shape index (κ1) is 43.9. The van der Waals surface area contributed by atoms with Crippen LogP contribution in [0.1, 0.15) is 195 Å². The van der Waals surface area contributed by atoms with E-state index in [2.05, 4.69) is 13.8 Å². The van der Waals surface area contributed by atoms with Crippen LogP contribution in [0.5, 0.6) is 11.5 Å². The van der Waals surface area contributed by atoms with Crippen LogP contribution in [-0.4, -0.2) is 46.9 Å². The summed E-state index contributed by atoms with van der Waals surface area (Å²) in [5.41, 5.74) is -1.19. The van der Waals surface area contributed by atoms with Gasteiger partial charge in [0.2, 0.25) is 0 Å². The molecule has 54 heavy (non-hydrogen) atoms. The Morgan fingerprint density at radius 1 is 0.407 bits per heavy atom. The van der Waals surface area contributed by atoms with E-state index in [0.717, 1.165) is 37.8 Å². The minimum absolute atomic E-state index is 0.174. The van der Waals surface area contributed by atoms with Crippen LogP contribution in [0, 0.1) is 0 Å². The molecular weight excluding hydrogens is 680 g/mol. The minimum atomic E-state index is -1.45. The van der Waals surface area contributed by atoms with Crippen LogP contribution in [0.3, 0.4) is 0 Å². The van der Waals surface area contributed by atoms with E-state index >= 15 is 0 Å². The third-order valence-electron chi connectivity index (χ3n) is 9.87. The third-order valence-corrected chi connectivity index (χ3v) is 9.87. The Morgan fingerprint density at radius 3 is 0.963 bits per heavy atom. The fourth-order valence-electron chi connectivity index (χ4n) is 6.60. The maximum absolute atomic E-state index is 13.5. The molecule has 0 heterocycles. The van der Waals surface area contributed by atoms with Gasteiger partial charge in [-0.25, -0.2) is 9.59 Å². The number of carboxylic acid groups (broad SMARTS) is 2. The van der Waals surface area contributed by atoms with Gasteiger partial charge in [0, 0.05) is 22.3 Å². The average molecular weight is 743 g/mol. The lowest BCUT2D eigenvalue weighted by atomic mass is 9.90. The van der Waals surface area contributed by atoms with Gasteiger partial charge in [0.1, 0.15) is 11.5 Å². The van der Waals surface area contributed by atoms with Crippen molar-refractivity contribution in [1.29, 1.82) is 0 Å². The highest BCUT2D eigenvalue weighted by Gasteiger charge is 2.27. The molecule has 8 heteroatoms. The zero-order valence-corrected chi connectivity index (χ0v) is 32.7. The number of carboxylic acids is 2. The third kappa shape index (κ3) is 15.5. The van der Waals surface area contributed by atoms with E-state index in [9.17, 15) is 29.4 Å². The van der Waals surface area contributed by atoms with Gasteiger partial charge in [-0.2, -0.15) is 0 Å². The summed E-state index contributed by atoms with van der Waals surface area (Å²) in [4.78, 5) is 51.7. The number of hydrogen-bond donors (Lipinski definition) is 2. The normalized spacial score (nSPS) is 11.0. The molecule has 0 bridgehead atoms. The number of ether oxygens (including phenoxy) is 2. The van der Waals surface area contributed by atoms with E-state index in [1.54, 1.807) is 24.3 Å². The maximum atomic E-state index is 13.5. The lowest BCUT2D eigenvalue weighted by Gasteiger charge is -2.13. The topological polar surface area (TPSA) is 127 Å².